The highest BCUT2D eigenvalue weighted by Gasteiger charge is 2.45. The number of rotatable bonds is 3. The van der Waals surface area contributed by atoms with E-state index in [4.69, 9.17) is 4.74 Å². The zero-order chi connectivity index (χ0) is 9.36. The molecular weight excluding hydrogens is 160 g/mol. The fourth-order valence-electron chi connectivity index (χ4n) is 3.14. The van der Waals surface area contributed by atoms with Crippen LogP contribution in [0.4, 0.5) is 0 Å². The van der Waals surface area contributed by atoms with Crippen molar-refractivity contribution in [3.05, 3.63) is 0 Å². The first-order valence-electron chi connectivity index (χ1n) is 5.67. The van der Waals surface area contributed by atoms with Crippen LogP contribution in [-0.4, -0.2) is 13.7 Å². The van der Waals surface area contributed by atoms with Crippen LogP contribution in [0.2, 0.25) is 0 Å². The Bertz CT molecular complexity index is 155. The van der Waals surface area contributed by atoms with Gasteiger partial charge in [0.2, 0.25) is 0 Å². The lowest BCUT2D eigenvalue weighted by molar-refractivity contribution is -0.0165. The van der Waals surface area contributed by atoms with Gasteiger partial charge in [-0.25, -0.2) is 0 Å². The number of hydrogen-bond acceptors (Lipinski definition) is 1. The lowest BCUT2D eigenvalue weighted by Crippen LogP contribution is -2.40. The first kappa shape index (κ1) is 9.51. The molecule has 3 aliphatic carbocycles. The monoisotopic (exact) mass is 182 g/mol. The fourth-order valence-corrected chi connectivity index (χ4v) is 3.14. The highest BCUT2D eigenvalue weighted by Crippen LogP contribution is 2.57. The molecule has 0 saturated heterocycles. The summed E-state index contributed by atoms with van der Waals surface area (Å²) in [5, 5.41) is 0. The highest BCUT2D eigenvalue weighted by atomic mass is 16.5. The number of fused-ring (bicyclic) bond motifs is 3. The van der Waals surface area contributed by atoms with E-state index in [9.17, 15) is 0 Å². The predicted molar refractivity (Wildman–Crippen MR) is 54.7 cm³/mol. The van der Waals surface area contributed by atoms with Crippen molar-refractivity contribution in [2.75, 3.05) is 13.7 Å². The molecule has 0 aromatic heterocycles. The highest BCUT2D eigenvalue weighted by molar-refractivity contribution is 4.97. The zero-order valence-corrected chi connectivity index (χ0v) is 9.07. The minimum Gasteiger partial charge on any atom is -0.385 e. The summed E-state index contributed by atoms with van der Waals surface area (Å²) in [5.41, 5.74) is 1.41. The molecule has 0 aliphatic heterocycles. The van der Waals surface area contributed by atoms with Crippen LogP contribution in [0.3, 0.4) is 0 Å². The SMILES string of the molecule is COCCC12CCC(C)(CC1)CC2. The third-order valence-corrected chi connectivity index (χ3v) is 4.61. The van der Waals surface area contributed by atoms with Crippen LogP contribution < -0.4 is 0 Å². The number of methoxy groups -OCH3 is 1. The Morgan fingerprint density at radius 1 is 1.00 bits per heavy atom. The van der Waals surface area contributed by atoms with E-state index in [1.807, 2.05) is 7.11 Å². The molecule has 0 aromatic carbocycles. The molecule has 2 bridgehead atoms. The lowest BCUT2D eigenvalue weighted by atomic mass is 9.53. The van der Waals surface area contributed by atoms with Crippen molar-refractivity contribution in [3.8, 4) is 0 Å². The second-order valence-corrected chi connectivity index (χ2v) is 5.55. The van der Waals surface area contributed by atoms with E-state index < -0.39 is 0 Å². The Balaban J connectivity index is 1.95. The molecule has 3 fully saturated rings. The van der Waals surface area contributed by atoms with Gasteiger partial charge in [-0.2, -0.15) is 0 Å². The molecule has 0 N–H and O–H groups in total. The summed E-state index contributed by atoms with van der Waals surface area (Å²) in [5.74, 6) is 0. The first-order valence-corrected chi connectivity index (χ1v) is 5.67. The third kappa shape index (κ3) is 1.76. The largest absolute Gasteiger partial charge is 0.385 e. The second-order valence-electron chi connectivity index (χ2n) is 5.55. The van der Waals surface area contributed by atoms with E-state index in [0.717, 1.165) is 12.0 Å². The molecule has 1 heteroatoms. The number of hydrogen-bond donors (Lipinski definition) is 0. The standard InChI is InChI=1S/C12H22O/c1-11-3-6-12(7-4-11,8-5-11)9-10-13-2/h3-10H2,1-2H3. The molecule has 3 saturated carbocycles. The average molecular weight is 182 g/mol. The minimum absolute atomic E-state index is 0.688. The first-order chi connectivity index (χ1) is 6.18. The van der Waals surface area contributed by atoms with Gasteiger partial charge in [0.05, 0.1) is 0 Å². The van der Waals surface area contributed by atoms with Crippen molar-refractivity contribution in [1.82, 2.24) is 0 Å². The van der Waals surface area contributed by atoms with Crippen LogP contribution in [0, 0.1) is 10.8 Å². The molecule has 3 rings (SSSR count). The molecule has 0 radical (unpaired) electrons. The molecule has 0 aromatic rings. The van der Waals surface area contributed by atoms with E-state index in [1.54, 1.807) is 0 Å². The summed E-state index contributed by atoms with van der Waals surface area (Å²) < 4.78 is 5.21. The summed E-state index contributed by atoms with van der Waals surface area (Å²) in [6.45, 7) is 3.45. The fraction of sp³-hybridized carbons (Fsp3) is 1.00. The van der Waals surface area contributed by atoms with Gasteiger partial charge in [-0.1, -0.05) is 6.92 Å². The molecule has 0 heterocycles. The van der Waals surface area contributed by atoms with Crippen molar-refractivity contribution in [3.63, 3.8) is 0 Å². The summed E-state index contributed by atoms with van der Waals surface area (Å²) in [7, 11) is 1.83. The molecule has 0 spiro atoms. The van der Waals surface area contributed by atoms with Crippen LogP contribution in [-0.2, 0) is 4.74 Å². The van der Waals surface area contributed by atoms with Gasteiger partial charge in [-0.15, -0.1) is 0 Å². The molecular formula is C12H22O. The zero-order valence-electron chi connectivity index (χ0n) is 9.07. The Morgan fingerprint density at radius 2 is 1.54 bits per heavy atom. The normalized spacial score (nSPS) is 43.8. The summed E-state index contributed by atoms with van der Waals surface area (Å²) >= 11 is 0. The van der Waals surface area contributed by atoms with Gasteiger partial charge in [-0.3, -0.25) is 0 Å². The maximum Gasteiger partial charge on any atom is 0.0467 e. The average Bonchev–Trinajstić information content (AvgIpc) is 2.18. The predicted octanol–water partition coefficient (Wildman–Crippen LogP) is 3.38. The van der Waals surface area contributed by atoms with Crippen LogP contribution >= 0.6 is 0 Å². The van der Waals surface area contributed by atoms with Gasteiger partial charge in [0.25, 0.3) is 0 Å². The van der Waals surface area contributed by atoms with Crippen molar-refractivity contribution < 1.29 is 4.74 Å². The Hall–Kier alpha value is -0.0400. The quantitative estimate of drug-likeness (QED) is 0.650. The summed E-state index contributed by atoms with van der Waals surface area (Å²) in [6, 6.07) is 0. The van der Waals surface area contributed by atoms with Gasteiger partial charge in [0.1, 0.15) is 0 Å². The van der Waals surface area contributed by atoms with Crippen LogP contribution in [0.25, 0.3) is 0 Å². The van der Waals surface area contributed by atoms with Gasteiger partial charge in [0, 0.05) is 13.7 Å². The summed E-state index contributed by atoms with van der Waals surface area (Å²) in [6.07, 6.45) is 10.1. The van der Waals surface area contributed by atoms with Crippen LogP contribution in [0.5, 0.6) is 0 Å². The second kappa shape index (κ2) is 3.27. The van der Waals surface area contributed by atoms with E-state index in [1.165, 1.54) is 44.9 Å². The summed E-state index contributed by atoms with van der Waals surface area (Å²) in [4.78, 5) is 0. The van der Waals surface area contributed by atoms with Crippen molar-refractivity contribution in [2.45, 2.75) is 51.9 Å². The maximum absolute atomic E-state index is 5.21. The smallest absolute Gasteiger partial charge is 0.0467 e. The van der Waals surface area contributed by atoms with Gasteiger partial charge in [-0.05, 0) is 55.8 Å². The lowest BCUT2D eigenvalue weighted by Gasteiger charge is -2.52. The molecule has 13 heavy (non-hydrogen) atoms. The molecule has 0 unspecified atom stereocenters. The van der Waals surface area contributed by atoms with Gasteiger partial charge >= 0.3 is 0 Å². The molecule has 0 amide bonds. The Labute approximate surface area is 81.9 Å². The van der Waals surface area contributed by atoms with Gasteiger partial charge in [0.15, 0.2) is 0 Å². The Kier molecular flexibility index (Phi) is 2.39. The van der Waals surface area contributed by atoms with Crippen molar-refractivity contribution in [2.24, 2.45) is 10.8 Å². The van der Waals surface area contributed by atoms with Crippen LogP contribution in [0.1, 0.15) is 51.9 Å². The van der Waals surface area contributed by atoms with E-state index in [0.29, 0.717) is 5.41 Å². The molecule has 3 aliphatic rings. The molecule has 1 nitrogen and oxygen atoms in total. The van der Waals surface area contributed by atoms with Gasteiger partial charge < -0.3 is 4.74 Å². The topological polar surface area (TPSA) is 9.23 Å². The third-order valence-electron chi connectivity index (χ3n) is 4.61. The molecule has 0 atom stereocenters. The minimum atomic E-state index is 0.688. The number of ether oxygens (including phenoxy) is 1. The van der Waals surface area contributed by atoms with E-state index in [-0.39, 0.29) is 0 Å². The van der Waals surface area contributed by atoms with Crippen LogP contribution in [0.15, 0.2) is 0 Å². The van der Waals surface area contributed by atoms with E-state index >= 15 is 0 Å². The van der Waals surface area contributed by atoms with E-state index in [2.05, 4.69) is 6.92 Å². The Morgan fingerprint density at radius 3 is 2.00 bits per heavy atom. The maximum atomic E-state index is 5.21. The van der Waals surface area contributed by atoms with Crippen molar-refractivity contribution >= 4 is 0 Å². The van der Waals surface area contributed by atoms with Crippen molar-refractivity contribution in [1.29, 1.82) is 0 Å². The molecule has 76 valence electrons.